The van der Waals surface area contributed by atoms with Gasteiger partial charge in [-0.3, -0.25) is 9.97 Å². The second kappa shape index (κ2) is 6.03. The molecule has 0 radical (unpaired) electrons. The van der Waals surface area contributed by atoms with Gasteiger partial charge in [0.25, 0.3) is 0 Å². The molecule has 0 N–H and O–H groups in total. The first-order chi connectivity index (χ1) is 10.2. The van der Waals surface area contributed by atoms with Gasteiger partial charge in [0.05, 0.1) is 24.7 Å². The van der Waals surface area contributed by atoms with Crippen molar-refractivity contribution in [3.63, 3.8) is 0 Å². The zero-order valence-corrected chi connectivity index (χ0v) is 14.1. The Kier molecular flexibility index (Phi) is 4.50. The molecule has 1 aromatic heterocycles. The number of hydrogen-bond donors (Lipinski definition) is 0. The van der Waals surface area contributed by atoms with Gasteiger partial charge in [0.15, 0.2) is 0 Å². The summed E-state index contributed by atoms with van der Waals surface area (Å²) < 4.78 is 19.6. The van der Waals surface area contributed by atoms with E-state index in [1.165, 1.54) is 12.1 Å². The molecule has 0 amide bonds. The summed E-state index contributed by atoms with van der Waals surface area (Å²) >= 11 is 0. The van der Waals surface area contributed by atoms with E-state index >= 15 is 0 Å². The van der Waals surface area contributed by atoms with Crippen LogP contribution in [-0.4, -0.2) is 17.1 Å². The number of aromatic nitrogens is 2. The molecule has 1 heterocycles. The third-order valence-corrected chi connectivity index (χ3v) is 3.61. The highest BCUT2D eigenvalue weighted by atomic mass is 19.1. The van der Waals surface area contributed by atoms with Crippen molar-refractivity contribution in [1.82, 2.24) is 9.97 Å². The van der Waals surface area contributed by atoms with Crippen LogP contribution in [0.1, 0.15) is 51.8 Å². The van der Waals surface area contributed by atoms with Crippen LogP contribution in [0.15, 0.2) is 24.5 Å². The van der Waals surface area contributed by atoms with Gasteiger partial charge in [-0.05, 0) is 23.5 Å². The molecule has 0 saturated heterocycles. The Balaban J connectivity index is 2.61. The maximum atomic E-state index is 14.1. The number of methoxy groups -OCH3 is 1. The number of rotatable bonds is 3. The fourth-order valence-electron chi connectivity index (χ4n) is 2.34. The van der Waals surface area contributed by atoms with Gasteiger partial charge in [-0.15, -0.1) is 0 Å². The summed E-state index contributed by atoms with van der Waals surface area (Å²) in [5, 5.41) is 0. The molecule has 0 aliphatic carbocycles. The highest BCUT2D eigenvalue weighted by molar-refractivity contribution is 5.69. The van der Waals surface area contributed by atoms with E-state index < -0.39 is 0 Å². The first-order valence-electron chi connectivity index (χ1n) is 7.44. The molecule has 1 aromatic carbocycles. The molecule has 0 aliphatic rings. The molecule has 0 fully saturated rings. The van der Waals surface area contributed by atoms with Crippen LogP contribution in [0.25, 0.3) is 11.3 Å². The molecule has 0 atom stereocenters. The lowest BCUT2D eigenvalue weighted by molar-refractivity contribution is 0.397. The molecule has 22 heavy (non-hydrogen) atoms. The van der Waals surface area contributed by atoms with Gasteiger partial charge in [-0.1, -0.05) is 34.6 Å². The van der Waals surface area contributed by atoms with Crippen LogP contribution in [0.5, 0.6) is 5.75 Å². The van der Waals surface area contributed by atoms with Crippen molar-refractivity contribution in [2.24, 2.45) is 0 Å². The molecule has 4 heteroatoms. The van der Waals surface area contributed by atoms with Gasteiger partial charge in [-0.25, -0.2) is 4.39 Å². The van der Waals surface area contributed by atoms with Crippen LogP contribution >= 0.6 is 0 Å². The van der Waals surface area contributed by atoms with Crippen molar-refractivity contribution >= 4 is 0 Å². The van der Waals surface area contributed by atoms with Gasteiger partial charge < -0.3 is 4.74 Å². The maximum absolute atomic E-state index is 14.1. The van der Waals surface area contributed by atoms with Gasteiger partial charge in [0, 0.05) is 17.3 Å². The quantitative estimate of drug-likeness (QED) is 0.823. The highest BCUT2D eigenvalue weighted by Gasteiger charge is 2.23. The van der Waals surface area contributed by atoms with E-state index in [2.05, 4.69) is 23.8 Å². The van der Waals surface area contributed by atoms with Crippen molar-refractivity contribution in [1.29, 1.82) is 0 Å². The van der Waals surface area contributed by atoms with Crippen molar-refractivity contribution in [3.8, 4) is 17.0 Å². The van der Waals surface area contributed by atoms with Gasteiger partial charge >= 0.3 is 0 Å². The smallest absolute Gasteiger partial charge is 0.132 e. The van der Waals surface area contributed by atoms with Crippen LogP contribution in [0.2, 0.25) is 0 Å². The Morgan fingerprint density at radius 2 is 1.77 bits per heavy atom. The van der Waals surface area contributed by atoms with E-state index in [1.807, 2.05) is 20.8 Å². The predicted molar refractivity (Wildman–Crippen MR) is 86.8 cm³/mol. The molecule has 3 nitrogen and oxygen atoms in total. The maximum Gasteiger partial charge on any atom is 0.132 e. The molecule has 2 aromatic rings. The molecule has 2 rings (SSSR count). The number of halogens is 1. The second-order valence-corrected chi connectivity index (χ2v) is 6.77. The van der Waals surface area contributed by atoms with E-state index in [1.54, 1.807) is 19.5 Å². The average molecular weight is 302 g/mol. The minimum Gasteiger partial charge on any atom is -0.496 e. The van der Waals surface area contributed by atoms with Crippen molar-refractivity contribution in [2.45, 2.75) is 46.0 Å². The van der Waals surface area contributed by atoms with Gasteiger partial charge in [-0.2, -0.15) is 0 Å². The molecule has 0 aliphatic heterocycles. The molecule has 0 saturated carbocycles. The number of benzene rings is 1. The summed E-state index contributed by atoms with van der Waals surface area (Å²) in [7, 11) is 1.60. The standard InChI is InChI=1S/C18H23FN2O/c1-11(2)15-9-21-16(10-20-15)13-7-12(19)8-14(17(13)22-6)18(3,4)5/h7-11H,1-6H3. The molecule has 0 spiro atoms. The Labute approximate surface area is 131 Å². The topological polar surface area (TPSA) is 35.0 Å². The van der Waals surface area contributed by atoms with Gasteiger partial charge in [0.2, 0.25) is 0 Å². The summed E-state index contributed by atoms with van der Waals surface area (Å²) in [4.78, 5) is 8.84. The first kappa shape index (κ1) is 16.4. The van der Waals surface area contributed by atoms with E-state index in [9.17, 15) is 4.39 Å². The fourth-order valence-corrected chi connectivity index (χ4v) is 2.34. The summed E-state index contributed by atoms with van der Waals surface area (Å²) in [6, 6.07) is 2.98. The lowest BCUT2D eigenvalue weighted by Gasteiger charge is -2.24. The molecular formula is C18H23FN2O. The number of ether oxygens (including phenoxy) is 1. The average Bonchev–Trinajstić information content (AvgIpc) is 2.45. The Hall–Kier alpha value is -1.97. The third-order valence-electron chi connectivity index (χ3n) is 3.61. The minimum absolute atomic E-state index is 0.229. The fraction of sp³-hybridized carbons (Fsp3) is 0.444. The van der Waals surface area contributed by atoms with Crippen molar-refractivity contribution in [3.05, 3.63) is 41.6 Å². The zero-order valence-electron chi connectivity index (χ0n) is 14.1. The summed E-state index contributed by atoms with van der Waals surface area (Å²) in [5.74, 6) is 0.664. The Bertz CT molecular complexity index is 658. The zero-order chi connectivity index (χ0) is 16.5. The number of hydrogen-bond acceptors (Lipinski definition) is 3. The van der Waals surface area contributed by atoms with Gasteiger partial charge in [0.1, 0.15) is 11.6 Å². The molecule has 0 unspecified atom stereocenters. The normalized spacial score (nSPS) is 11.8. The largest absolute Gasteiger partial charge is 0.496 e. The Morgan fingerprint density at radius 1 is 1.09 bits per heavy atom. The number of nitrogens with zero attached hydrogens (tertiary/aromatic N) is 2. The molecule has 0 bridgehead atoms. The first-order valence-corrected chi connectivity index (χ1v) is 7.44. The Morgan fingerprint density at radius 3 is 2.23 bits per heavy atom. The van der Waals surface area contributed by atoms with Crippen molar-refractivity contribution in [2.75, 3.05) is 7.11 Å². The van der Waals surface area contributed by atoms with E-state index in [-0.39, 0.29) is 11.2 Å². The summed E-state index contributed by atoms with van der Waals surface area (Å²) in [6.07, 6.45) is 3.42. The lowest BCUT2D eigenvalue weighted by Crippen LogP contribution is -2.14. The second-order valence-electron chi connectivity index (χ2n) is 6.77. The summed E-state index contributed by atoms with van der Waals surface area (Å²) in [6.45, 7) is 10.2. The van der Waals surface area contributed by atoms with E-state index in [0.717, 1.165) is 11.3 Å². The van der Waals surface area contributed by atoms with Crippen LogP contribution in [0.3, 0.4) is 0 Å². The van der Waals surface area contributed by atoms with Crippen LogP contribution in [0, 0.1) is 5.82 Å². The summed E-state index contributed by atoms with van der Waals surface area (Å²) in [5.41, 5.74) is 2.75. The van der Waals surface area contributed by atoms with E-state index in [0.29, 0.717) is 22.9 Å². The molecule has 118 valence electrons. The van der Waals surface area contributed by atoms with Crippen LogP contribution in [-0.2, 0) is 5.41 Å². The minimum atomic E-state index is -0.296. The van der Waals surface area contributed by atoms with E-state index in [4.69, 9.17) is 4.74 Å². The van der Waals surface area contributed by atoms with Crippen LogP contribution in [0.4, 0.5) is 4.39 Å². The van der Waals surface area contributed by atoms with Crippen LogP contribution < -0.4 is 4.74 Å². The third kappa shape index (κ3) is 3.26. The highest BCUT2D eigenvalue weighted by Crippen LogP contribution is 2.39. The molecular weight excluding hydrogens is 279 g/mol. The lowest BCUT2D eigenvalue weighted by atomic mass is 9.84. The monoisotopic (exact) mass is 302 g/mol. The SMILES string of the molecule is COc1c(-c2cnc(C(C)C)cn2)cc(F)cc1C(C)(C)C. The predicted octanol–water partition coefficient (Wildman–Crippen LogP) is 4.71. The van der Waals surface area contributed by atoms with Crippen molar-refractivity contribution < 1.29 is 9.13 Å².